The minimum absolute atomic E-state index is 0.110. The highest BCUT2D eigenvalue weighted by atomic mass is 16.5. The van der Waals surface area contributed by atoms with Gasteiger partial charge in [-0.1, -0.05) is 6.42 Å². The second kappa shape index (κ2) is 7.04. The van der Waals surface area contributed by atoms with Crippen molar-refractivity contribution in [1.82, 2.24) is 15.3 Å². The van der Waals surface area contributed by atoms with Crippen LogP contribution in [0.2, 0.25) is 0 Å². The Morgan fingerprint density at radius 2 is 1.76 bits per heavy atom. The molecule has 3 aliphatic rings. The van der Waals surface area contributed by atoms with Crippen LogP contribution in [0.15, 0.2) is 24.3 Å². The molecule has 0 radical (unpaired) electrons. The van der Waals surface area contributed by atoms with Gasteiger partial charge >= 0.3 is 0 Å². The quantitative estimate of drug-likeness (QED) is 0.908. The van der Waals surface area contributed by atoms with E-state index in [0.717, 1.165) is 18.6 Å². The molecule has 134 valence electrons. The van der Waals surface area contributed by atoms with E-state index < -0.39 is 0 Å². The van der Waals surface area contributed by atoms with Crippen molar-refractivity contribution in [3.8, 4) is 5.75 Å². The summed E-state index contributed by atoms with van der Waals surface area (Å²) in [6.45, 7) is 2.90. The maximum atomic E-state index is 12.3. The Kier molecular flexibility index (Phi) is 4.61. The number of likely N-dealkylation sites (tertiary alicyclic amines) is 1. The summed E-state index contributed by atoms with van der Waals surface area (Å²) in [5.41, 5.74) is 3.13. The van der Waals surface area contributed by atoms with Crippen LogP contribution in [-0.2, 0) is 4.79 Å². The number of nitrogens with zero attached hydrogens (tertiary/aromatic N) is 2. The van der Waals surface area contributed by atoms with E-state index in [4.69, 9.17) is 4.74 Å². The van der Waals surface area contributed by atoms with Gasteiger partial charge in [-0.3, -0.25) is 15.0 Å². The van der Waals surface area contributed by atoms with Crippen LogP contribution in [-0.4, -0.2) is 53.5 Å². The van der Waals surface area contributed by atoms with Crippen LogP contribution in [0, 0.1) is 0 Å². The third-order valence-electron chi connectivity index (χ3n) is 5.45. The molecule has 0 spiro atoms. The number of nitrogens with one attached hydrogen (secondary N) is 1. The standard InChI is InChI=1S/C19H25N3O3/c23-18-8-11-22(20-18)19(24)14-4-6-16(7-5-14)25-17-12-15(13-17)21-9-2-1-3-10-21/h4-7,15,17H,1-3,8-13H2,(H,20,23). The third kappa shape index (κ3) is 3.63. The Balaban J connectivity index is 1.27. The second-order valence-electron chi connectivity index (χ2n) is 7.23. The maximum absolute atomic E-state index is 12.3. The largest absolute Gasteiger partial charge is 0.490 e. The lowest BCUT2D eigenvalue weighted by Crippen LogP contribution is -2.50. The van der Waals surface area contributed by atoms with Gasteiger partial charge in [-0.25, -0.2) is 5.01 Å². The maximum Gasteiger partial charge on any atom is 0.272 e. The number of hydrogen-bond donors (Lipinski definition) is 1. The number of ether oxygens (including phenoxy) is 1. The van der Waals surface area contributed by atoms with Crippen molar-refractivity contribution in [2.75, 3.05) is 19.6 Å². The van der Waals surface area contributed by atoms with Crippen molar-refractivity contribution in [1.29, 1.82) is 0 Å². The fourth-order valence-electron chi connectivity index (χ4n) is 3.87. The molecule has 0 aromatic heterocycles. The van der Waals surface area contributed by atoms with Gasteiger partial charge in [0.1, 0.15) is 11.9 Å². The molecule has 1 aromatic rings. The summed E-state index contributed by atoms with van der Waals surface area (Å²) in [4.78, 5) is 26.1. The molecule has 2 aliphatic heterocycles. The lowest BCUT2D eigenvalue weighted by Gasteiger charge is -2.44. The average molecular weight is 343 g/mol. The van der Waals surface area contributed by atoms with E-state index in [1.54, 1.807) is 12.1 Å². The van der Waals surface area contributed by atoms with Crippen molar-refractivity contribution in [3.05, 3.63) is 29.8 Å². The van der Waals surface area contributed by atoms with Gasteiger partial charge in [-0.2, -0.15) is 0 Å². The minimum Gasteiger partial charge on any atom is -0.490 e. The van der Waals surface area contributed by atoms with Crippen LogP contribution < -0.4 is 10.2 Å². The van der Waals surface area contributed by atoms with E-state index >= 15 is 0 Å². The molecular formula is C19H25N3O3. The van der Waals surface area contributed by atoms with Gasteiger partial charge in [-0.15, -0.1) is 0 Å². The number of carbonyl (C=O) groups is 2. The van der Waals surface area contributed by atoms with Crippen molar-refractivity contribution >= 4 is 11.8 Å². The SMILES string of the molecule is O=C1CCN(C(=O)c2ccc(OC3CC(N4CCCCC4)C3)cc2)N1. The van der Waals surface area contributed by atoms with Crippen LogP contribution in [0.25, 0.3) is 0 Å². The molecule has 0 atom stereocenters. The molecule has 2 heterocycles. The molecule has 1 saturated carbocycles. The zero-order chi connectivity index (χ0) is 17.2. The molecule has 3 fully saturated rings. The highest BCUT2D eigenvalue weighted by molar-refractivity contribution is 5.96. The Bertz CT molecular complexity index is 634. The van der Waals surface area contributed by atoms with Gasteiger partial charge in [0.15, 0.2) is 0 Å². The van der Waals surface area contributed by atoms with Crippen LogP contribution in [0.3, 0.4) is 0 Å². The van der Waals surface area contributed by atoms with Crippen LogP contribution >= 0.6 is 0 Å². The van der Waals surface area contributed by atoms with Gasteiger partial charge in [0, 0.05) is 30.9 Å². The zero-order valence-electron chi connectivity index (χ0n) is 14.4. The lowest BCUT2D eigenvalue weighted by molar-refractivity contribution is -0.120. The van der Waals surface area contributed by atoms with Crippen molar-refractivity contribution in [3.63, 3.8) is 0 Å². The summed E-state index contributed by atoms with van der Waals surface area (Å²) in [7, 11) is 0. The molecule has 0 unspecified atom stereocenters. The Morgan fingerprint density at radius 1 is 1.04 bits per heavy atom. The van der Waals surface area contributed by atoms with Gasteiger partial charge in [0.2, 0.25) is 5.91 Å². The van der Waals surface area contributed by atoms with Crippen molar-refractivity contribution in [2.24, 2.45) is 0 Å². The Labute approximate surface area is 148 Å². The number of amides is 2. The first kappa shape index (κ1) is 16.4. The predicted octanol–water partition coefficient (Wildman–Crippen LogP) is 1.96. The number of rotatable bonds is 4. The minimum atomic E-state index is -0.175. The van der Waals surface area contributed by atoms with Crippen LogP contribution in [0.1, 0.15) is 48.9 Å². The van der Waals surface area contributed by atoms with Gasteiger partial charge in [0.25, 0.3) is 5.91 Å². The molecule has 1 aromatic carbocycles. The second-order valence-corrected chi connectivity index (χ2v) is 7.23. The molecule has 25 heavy (non-hydrogen) atoms. The molecule has 4 rings (SSSR count). The summed E-state index contributed by atoms with van der Waals surface area (Å²) in [5.74, 6) is 0.525. The summed E-state index contributed by atoms with van der Waals surface area (Å²) >= 11 is 0. The first-order valence-corrected chi connectivity index (χ1v) is 9.31. The smallest absolute Gasteiger partial charge is 0.272 e. The Hall–Kier alpha value is -2.08. The first-order valence-electron chi connectivity index (χ1n) is 9.31. The molecule has 6 heteroatoms. The van der Waals surface area contributed by atoms with Crippen LogP contribution in [0.4, 0.5) is 0 Å². The van der Waals surface area contributed by atoms with E-state index in [-0.39, 0.29) is 17.9 Å². The number of piperidine rings is 1. The number of hydrazine groups is 1. The Morgan fingerprint density at radius 3 is 2.40 bits per heavy atom. The third-order valence-corrected chi connectivity index (χ3v) is 5.45. The van der Waals surface area contributed by atoms with E-state index in [9.17, 15) is 9.59 Å². The first-order chi connectivity index (χ1) is 12.2. The fourth-order valence-corrected chi connectivity index (χ4v) is 3.87. The number of carbonyl (C=O) groups excluding carboxylic acids is 2. The molecule has 2 amide bonds. The van der Waals surface area contributed by atoms with E-state index in [1.165, 1.54) is 37.4 Å². The zero-order valence-corrected chi connectivity index (χ0v) is 14.4. The molecule has 1 N–H and O–H groups in total. The molecule has 2 saturated heterocycles. The van der Waals surface area contributed by atoms with Crippen molar-refractivity contribution < 1.29 is 14.3 Å². The highest BCUT2D eigenvalue weighted by Crippen LogP contribution is 2.31. The van der Waals surface area contributed by atoms with Gasteiger partial charge < -0.3 is 9.64 Å². The molecule has 0 bridgehead atoms. The van der Waals surface area contributed by atoms with Gasteiger partial charge in [0.05, 0.1) is 6.54 Å². The van der Waals surface area contributed by atoms with E-state index in [2.05, 4.69) is 10.3 Å². The normalized spacial score (nSPS) is 26.9. The van der Waals surface area contributed by atoms with Gasteiger partial charge in [-0.05, 0) is 50.2 Å². The monoisotopic (exact) mass is 343 g/mol. The van der Waals surface area contributed by atoms with Crippen molar-refractivity contribution in [2.45, 2.75) is 50.7 Å². The summed E-state index contributed by atoms with van der Waals surface area (Å²) in [5, 5.41) is 1.37. The van der Waals surface area contributed by atoms with E-state index in [1.807, 2.05) is 12.1 Å². The summed E-state index contributed by atoms with van der Waals surface area (Å²) in [6, 6.07) is 7.91. The summed E-state index contributed by atoms with van der Waals surface area (Å²) in [6.07, 6.45) is 6.87. The molecule has 6 nitrogen and oxygen atoms in total. The molecular weight excluding hydrogens is 318 g/mol. The molecule has 1 aliphatic carbocycles. The fraction of sp³-hybridized carbons (Fsp3) is 0.579. The number of benzene rings is 1. The van der Waals surface area contributed by atoms with E-state index in [0.29, 0.717) is 24.6 Å². The number of hydrogen-bond acceptors (Lipinski definition) is 4. The predicted molar refractivity (Wildman–Crippen MR) is 93.1 cm³/mol. The lowest BCUT2D eigenvalue weighted by atomic mass is 9.86. The van der Waals surface area contributed by atoms with Crippen LogP contribution in [0.5, 0.6) is 5.75 Å². The topological polar surface area (TPSA) is 61.9 Å². The summed E-state index contributed by atoms with van der Waals surface area (Å²) < 4.78 is 6.03. The highest BCUT2D eigenvalue weighted by Gasteiger charge is 2.35. The average Bonchev–Trinajstić information content (AvgIpc) is 3.05.